The van der Waals surface area contributed by atoms with Gasteiger partial charge in [0.2, 0.25) is 0 Å². The largest absolute Gasteiger partial charge is 0.479 e. The van der Waals surface area contributed by atoms with Gasteiger partial charge in [-0.15, -0.1) is 0 Å². The molecule has 0 aromatic carbocycles. The average molecular weight is 321 g/mol. The Hall–Kier alpha value is -2.30. The summed E-state index contributed by atoms with van der Waals surface area (Å²) in [4.78, 5) is 23.7. The first-order chi connectivity index (χ1) is 10.9. The maximum absolute atomic E-state index is 11.5. The molecule has 0 aliphatic carbocycles. The second kappa shape index (κ2) is 4.60. The van der Waals surface area contributed by atoms with Gasteiger partial charge in [0.15, 0.2) is 29.6 Å². The van der Waals surface area contributed by atoms with Crippen LogP contribution in [0.2, 0.25) is 0 Å². The lowest BCUT2D eigenvalue weighted by atomic mass is 10.1. The monoisotopic (exact) mass is 321 g/mol. The van der Waals surface area contributed by atoms with Crippen LogP contribution in [0.25, 0.3) is 11.2 Å². The van der Waals surface area contributed by atoms with E-state index < -0.39 is 36.3 Å². The molecule has 3 N–H and O–H groups in total. The van der Waals surface area contributed by atoms with Crippen LogP contribution in [0, 0.1) is 0 Å². The third-order valence-corrected chi connectivity index (χ3v) is 3.93. The molecule has 0 amide bonds. The van der Waals surface area contributed by atoms with Crippen molar-refractivity contribution in [3.63, 3.8) is 0 Å². The van der Waals surface area contributed by atoms with E-state index >= 15 is 0 Å². The number of carboxylic acids is 1. The topological polar surface area (TPSA) is 135 Å². The molecule has 0 saturated carbocycles. The number of ether oxygens (including phenoxy) is 3. The minimum Gasteiger partial charge on any atom is -0.479 e. The van der Waals surface area contributed by atoms with Crippen molar-refractivity contribution in [2.75, 3.05) is 5.73 Å². The molecule has 0 radical (unpaired) electrons. The van der Waals surface area contributed by atoms with Crippen LogP contribution in [0.1, 0.15) is 20.1 Å². The SMILES string of the molecule is CC1(C)O[C@@H]2[C@H](O1)[C@@H](C(=O)O)O[C@H]2n1cnc2c(N)ncnc21. The minimum atomic E-state index is -1.14. The lowest BCUT2D eigenvalue weighted by molar-refractivity contribution is -0.202. The fourth-order valence-corrected chi connectivity index (χ4v) is 3.06. The van der Waals surface area contributed by atoms with Gasteiger partial charge in [-0.3, -0.25) is 4.57 Å². The lowest BCUT2D eigenvalue weighted by Crippen LogP contribution is -2.35. The van der Waals surface area contributed by atoms with Crippen molar-refractivity contribution < 1.29 is 24.1 Å². The number of carbonyl (C=O) groups is 1. The Morgan fingerprint density at radius 2 is 2.04 bits per heavy atom. The first-order valence-electron chi connectivity index (χ1n) is 7.04. The number of nitrogens with zero attached hydrogens (tertiary/aromatic N) is 4. The molecule has 4 heterocycles. The number of nitrogen functional groups attached to an aromatic ring is 1. The van der Waals surface area contributed by atoms with Gasteiger partial charge in [-0.05, 0) is 13.8 Å². The number of hydrogen-bond donors (Lipinski definition) is 2. The molecule has 10 heteroatoms. The van der Waals surface area contributed by atoms with Crippen molar-refractivity contribution in [2.45, 2.75) is 44.2 Å². The van der Waals surface area contributed by atoms with Gasteiger partial charge in [0.1, 0.15) is 24.1 Å². The van der Waals surface area contributed by atoms with E-state index in [1.807, 2.05) is 0 Å². The Kier molecular flexibility index (Phi) is 2.86. The molecule has 23 heavy (non-hydrogen) atoms. The highest BCUT2D eigenvalue weighted by Gasteiger charge is 2.58. The van der Waals surface area contributed by atoms with Crippen molar-refractivity contribution in [1.82, 2.24) is 19.5 Å². The first-order valence-corrected chi connectivity index (χ1v) is 7.04. The fraction of sp³-hybridized carbons (Fsp3) is 0.538. The summed E-state index contributed by atoms with van der Waals surface area (Å²) in [5, 5.41) is 9.37. The molecule has 4 rings (SSSR count). The van der Waals surface area contributed by atoms with E-state index in [2.05, 4.69) is 15.0 Å². The van der Waals surface area contributed by atoms with Crippen LogP contribution in [0.4, 0.5) is 5.82 Å². The predicted molar refractivity (Wildman–Crippen MR) is 75.1 cm³/mol. The van der Waals surface area contributed by atoms with Gasteiger partial charge in [-0.2, -0.15) is 0 Å². The predicted octanol–water partition coefficient (Wildman–Crippen LogP) is -0.0894. The Balaban J connectivity index is 1.78. The van der Waals surface area contributed by atoms with E-state index in [1.54, 1.807) is 18.4 Å². The quantitative estimate of drug-likeness (QED) is 0.777. The number of hydrogen-bond acceptors (Lipinski definition) is 8. The van der Waals surface area contributed by atoms with Gasteiger partial charge in [0.05, 0.1) is 6.33 Å². The Morgan fingerprint density at radius 3 is 2.78 bits per heavy atom. The smallest absolute Gasteiger partial charge is 0.335 e. The molecular formula is C13H15N5O5. The van der Waals surface area contributed by atoms with Crippen molar-refractivity contribution >= 4 is 23.0 Å². The highest BCUT2D eigenvalue weighted by Crippen LogP contribution is 2.43. The zero-order valence-electron chi connectivity index (χ0n) is 12.4. The molecule has 2 aliphatic heterocycles. The van der Waals surface area contributed by atoms with E-state index in [4.69, 9.17) is 19.9 Å². The highest BCUT2D eigenvalue weighted by molar-refractivity contribution is 5.81. The Labute approximate surface area is 130 Å². The summed E-state index contributed by atoms with van der Waals surface area (Å²) in [5.74, 6) is -1.76. The second-order valence-corrected chi connectivity index (χ2v) is 5.93. The van der Waals surface area contributed by atoms with Crippen molar-refractivity contribution in [3.05, 3.63) is 12.7 Å². The summed E-state index contributed by atoms with van der Waals surface area (Å²) >= 11 is 0. The number of aliphatic carboxylic acids is 1. The van der Waals surface area contributed by atoms with Gasteiger partial charge >= 0.3 is 5.97 Å². The normalized spacial score (nSPS) is 32.3. The van der Waals surface area contributed by atoms with E-state index in [0.29, 0.717) is 11.2 Å². The maximum Gasteiger partial charge on any atom is 0.335 e. The van der Waals surface area contributed by atoms with Gasteiger partial charge in [0, 0.05) is 0 Å². The molecule has 2 saturated heterocycles. The number of rotatable bonds is 2. The Bertz CT molecular complexity index is 790. The van der Waals surface area contributed by atoms with Crippen molar-refractivity contribution in [3.8, 4) is 0 Å². The summed E-state index contributed by atoms with van der Waals surface area (Å²) in [6.45, 7) is 3.46. The van der Waals surface area contributed by atoms with Gasteiger partial charge in [0.25, 0.3) is 0 Å². The van der Waals surface area contributed by atoms with Crippen LogP contribution in [-0.2, 0) is 19.0 Å². The zero-order chi connectivity index (χ0) is 16.4. The van der Waals surface area contributed by atoms with Crippen molar-refractivity contribution in [1.29, 1.82) is 0 Å². The molecule has 2 fully saturated rings. The summed E-state index contributed by atoms with van der Waals surface area (Å²) in [6, 6.07) is 0. The van der Waals surface area contributed by atoms with Crippen molar-refractivity contribution in [2.24, 2.45) is 0 Å². The summed E-state index contributed by atoms with van der Waals surface area (Å²) in [6.07, 6.45) is -0.391. The number of nitrogens with two attached hydrogens (primary N) is 1. The van der Waals surface area contributed by atoms with Crippen LogP contribution in [0.15, 0.2) is 12.7 Å². The molecule has 10 nitrogen and oxygen atoms in total. The van der Waals surface area contributed by atoms with Gasteiger partial charge in [-0.25, -0.2) is 19.7 Å². The number of fused-ring (bicyclic) bond motifs is 2. The van der Waals surface area contributed by atoms with Crippen LogP contribution in [0.5, 0.6) is 0 Å². The van der Waals surface area contributed by atoms with E-state index in [1.165, 1.54) is 12.7 Å². The third kappa shape index (κ3) is 2.06. The minimum absolute atomic E-state index is 0.238. The average Bonchev–Trinajstić information content (AvgIpc) is 3.09. The summed E-state index contributed by atoms with van der Waals surface area (Å²) in [5.41, 5.74) is 6.64. The fourth-order valence-electron chi connectivity index (χ4n) is 3.06. The number of carboxylic acid groups (broad SMARTS) is 1. The van der Waals surface area contributed by atoms with Crippen LogP contribution in [-0.4, -0.2) is 54.7 Å². The van der Waals surface area contributed by atoms with Gasteiger partial charge < -0.3 is 25.1 Å². The Morgan fingerprint density at radius 1 is 1.30 bits per heavy atom. The number of aromatic nitrogens is 4. The molecule has 0 bridgehead atoms. The summed E-state index contributed by atoms with van der Waals surface area (Å²) < 4.78 is 18.8. The molecule has 2 aromatic heterocycles. The molecule has 4 atom stereocenters. The lowest BCUT2D eigenvalue weighted by Gasteiger charge is -2.23. The standard InChI is InChI=1S/C13H15N5O5/c1-13(2)22-6-7(23-13)11(21-8(6)12(19)20)18-4-17-5-9(14)15-3-16-10(5)18/h3-4,6-8,11H,1-2H3,(H,19,20)(H2,14,15,16)/t6-,7+,8-,11+/m0/s1. The second-order valence-electron chi connectivity index (χ2n) is 5.93. The highest BCUT2D eigenvalue weighted by atomic mass is 16.8. The molecule has 2 aliphatic rings. The molecular weight excluding hydrogens is 306 g/mol. The molecule has 0 spiro atoms. The molecule has 0 unspecified atom stereocenters. The zero-order valence-corrected chi connectivity index (χ0v) is 12.4. The molecule has 122 valence electrons. The van der Waals surface area contributed by atoms with Crippen LogP contribution in [0.3, 0.4) is 0 Å². The maximum atomic E-state index is 11.5. The molecule has 2 aromatic rings. The summed E-state index contributed by atoms with van der Waals surface area (Å²) in [7, 11) is 0. The number of anilines is 1. The van der Waals surface area contributed by atoms with Gasteiger partial charge in [-0.1, -0.05) is 0 Å². The van der Waals surface area contributed by atoms with E-state index in [0.717, 1.165) is 0 Å². The number of imidazole rings is 1. The first kappa shape index (κ1) is 14.3. The third-order valence-electron chi connectivity index (χ3n) is 3.93. The van der Waals surface area contributed by atoms with Crippen LogP contribution >= 0.6 is 0 Å². The van der Waals surface area contributed by atoms with Crippen LogP contribution < -0.4 is 5.73 Å². The van der Waals surface area contributed by atoms with E-state index in [9.17, 15) is 9.90 Å². The van der Waals surface area contributed by atoms with E-state index in [-0.39, 0.29) is 5.82 Å².